The van der Waals surface area contributed by atoms with Crippen LogP contribution in [0.25, 0.3) is 0 Å². The van der Waals surface area contributed by atoms with Gasteiger partial charge in [0.15, 0.2) is 0 Å². The molecule has 0 atom stereocenters. The van der Waals surface area contributed by atoms with Crippen molar-refractivity contribution in [3.8, 4) is 0 Å². The molecule has 3 nitrogen and oxygen atoms in total. The van der Waals surface area contributed by atoms with Crippen molar-refractivity contribution in [1.29, 1.82) is 0 Å². The smallest absolute Gasteiger partial charge is 0.224 e. The second-order valence-corrected chi connectivity index (χ2v) is 9.55. The minimum atomic E-state index is -0.166. The summed E-state index contributed by atoms with van der Waals surface area (Å²) in [7, 11) is 0. The molecule has 0 saturated heterocycles. The first-order chi connectivity index (χ1) is 14.0. The Balaban J connectivity index is 2.24. The third kappa shape index (κ3) is 6.86. The molecular weight excluding hydrogens is 375 g/mol. The number of nitrogens with one attached hydrogen (secondary N) is 1. The highest BCUT2D eigenvalue weighted by atomic mass is 19.1. The molecule has 1 aliphatic heterocycles. The second-order valence-electron chi connectivity index (χ2n) is 9.55. The number of benzene rings is 1. The van der Waals surface area contributed by atoms with Crippen LogP contribution in [-0.2, 0) is 17.8 Å². The third-order valence-electron chi connectivity index (χ3n) is 5.52. The average Bonchev–Trinajstić information content (AvgIpc) is 2.85. The zero-order valence-electron chi connectivity index (χ0n) is 19.5. The lowest BCUT2D eigenvalue weighted by Crippen LogP contribution is -2.27. The zero-order chi connectivity index (χ0) is 22.5. The van der Waals surface area contributed by atoms with E-state index in [2.05, 4.69) is 36.7 Å². The van der Waals surface area contributed by atoms with Gasteiger partial charge in [0, 0.05) is 30.9 Å². The Labute approximate surface area is 181 Å². The molecule has 1 aromatic rings. The van der Waals surface area contributed by atoms with Crippen molar-refractivity contribution < 1.29 is 9.18 Å². The van der Waals surface area contributed by atoms with Crippen molar-refractivity contribution in [2.45, 2.75) is 73.8 Å². The molecule has 0 fully saturated rings. The molecule has 0 radical (unpaired) electrons. The van der Waals surface area contributed by atoms with Crippen LogP contribution in [0.4, 0.5) is 4.39 Å². The molecule has 164 valence electrons. The largest absolute Gasteiger partial charge is 0.367 e. The van der Waals surface area contributed by atoms with E-state index >= 15 is 0 Å². The number of aryl methyl sites for hydroxylation is 1. The molecule has 0 saturated carbocycles. The van der Waals surface area contributed by atoms with Crippen molar-refractivity contribution in [3.63, 3.8) is 0 Å². The summed E-state index contributed by atoms with van der Waals surface area (Å²) in [5, 5.41) is 2.95. The van der Waals surface area contributed by atoms with Crippen LogP contribution in [0.1, 0.15) is 71.9 Å². The van der Waals surface area contributed by atoms with E-state index in [-0.39, 0.29) is 17.1 Å². The Bertz CT molecular complexity index is 858. The van der Waals surface area contributed by atoms with Gasteiger partial charge in [0.05, 0.1) is 0 Å². The minimum Gasteiger partial charge on any atom is -0.367 e. The summed E-state index contributed by atoms with van der Waals surface area (Å²) in [6.45, 7) is 18.2. The minimum absolute atomic E-state index is 0.0104. The zero-order valence-corrected chi connectivity index (χ0v) is 19.5. The lowest BCUT2D eigenvalue weighted by atomic mass is 9.92. The van der Waals surface area contributed by atoms with Gasteiger partial charge in [0.2, 0.25) is 5.91 Å². The fourth-order valence-corrected chi connectivity index (χ4v) is 3.68. The van der Waals surface area contributed by atoms with Gasteiger partial charge in [-0.25, -0.2) is 4.39 Å². The van der Waals surface area contributed by atoms with Crippen molar-refractivity contribution in [2.24, 2.45) is 5.41 Å². The van der Waals surface area contributed by atoms with Gasteiger partial charge in [-0.3, -0.25) is 4.79 Å². The van der Waals surface area contributed by atoms with Crippen molar-refractivity contribution >= 4 is 5.91 Å². The second kappa shape index (κ2) is 10.1. The Morgan fingerprint density at radius 3 is 2.60 bits per heavy atom. The van der Waals surface area contributed by atoms with Gasteiger partial charge in [-0.2, -0.15) is 0 Å². The molecular formula is C26H37FN2O. The molecule has 0 unspecified atom stereocenters. The molecule has 1 N–H and O–H groups in total. The topological polar surface area (TPSA) is 32.3 Å². The Morgan fingerprint density at radius 2 is 1.97 bits per heavy atom. The number of hydrogen-bond donors (Lipinski definition) is 1. The highest BCUT2D eigenvalue weighted by Crippen LogP contribution is 2.26. The first-order valence-electron chi connectivity index (χ1n) is 10.9. The van der Waals surface area contributed by atoms with Crippen molar-refractivity contribution in [1.82, 2.24) is 10.2 Å². The normalized spacial score (nSPS) is 15.8. The predicted octanol–water partition coefficient (Wildman–Crippen LogP) is 6.27. The van der Waals surface area contributed by atoms with Crippen molar-refractivity contribution in [3.05, 3.63) is 70.3 Å². The number of rotatable bonds is 6. The molecule has 0 aliphatic carbocycles. The highest BCUT2D eigenvalue weighted by Gasteiger charge is 2.19. The van der Waals surface area contributed by atoms with Gasteiger partial charge in [0.25, 0.3) is 0 Å². The quantitative estimate of drug-likeness (QED) is 0.559. The van der Waals surface area contributed by atoms with E-state index in [4.69, 9.17) is 0 Å². The Kier molecular flexibility index (Phi) is 8.05. The summed E-state index contributed by atoms with van der Waals surface area (Å²) in [6, 6.07) is 5.12. The van der Waals surface area contributed by atoms with E-state index < -0.39 is 0 Å². The van der Waals surface area contributed by atoms with Gasteiger partial charge in [-0.1, -0.05) is 45.9 Å². The number of carbonyl (C=O) groups excluding carboxylic acids is 1. The maximum absolute atomic E-state index is 13.7. The van der Waals surface area contributed by atoms with E-state index in [1.807, 2.05) is 33.8 Å². The van der Waals surface area contributed by atoms with Crippen molar-refractivity contribution in [2.75, 3.05) is 6.54 Å². The standard InChI is InChI=1S/C26H37FN2O/c1-8-18(2)24(14-19(3)20(4)28-25(30)16-26(5,6)7)29-13-9-10-21-15-23(27)12-11-22(21)17-29/h11-12,14-15H,4,8-10,13,16-17H2,1-3,5-7H3,(H,28,30)/b19-14-,24-18+. The number of halogens is 1. The molecule has 1 aliphatic rings. The average molecular weight is 413 g/mol. The molecule has 0 bridgehead atoms. The summed E-state index contributed by atoms with van der Waals surface area (Å²) in [5.74, 6) is -0.176. The number of carbonyl (C=O) groups is 1. The number of allylic oxidation sites excluding steroid dienone is 3. The van der Waals surface area contributed by atoms with Crippen LogP contribution in [0.5, 0.6) is 0 Å². The van der Waals surface area contributed by atoms with E-state index in [1.54, 1.807) is 12.1 Å². The lowest BCUT2D eigenvalue weighted by molar-refractivity contribution is -0.122. The van der Waals surface area contributed by atoms with Crippen LogP contribution in [0.2, 0.25) is 0 Å². The monoisotopic (exact) mass is 412 g/mol. The summed E-state index contributed by atoms with van der Waals surface area (Å²) in [5.41, 5.74) is 6.26. The van der Waals surface area contributed by atoms with Crippen LogP contribution in [0.15, 0.2) is 53.4 Å². The van der Waals surface area contributed by atoms with E-state index in [1.165, 1.54) is 16.8 Å². The number of fused-ring (bicyclic) bond motifs is 1. The number of amides is 1. The summed E-state index contributed by atoms with van der Waals surface area (Å²) < 4.78 is 13.7. The number of nitrogens with zero attached hydrogens (tertiary/aromatic N) is 1. The number of hydrogen-bond acceptors (Lipinski definition) is 2. The predicted molar refractivity (Wildman–Crippen MR) is 123 cm³/mol. The van der Waals surface area contributed by atoms with Gasteiger partial charge in [-0.15, -0.1) is 0 Å². The van der Waals surface area contributed by atoms with Gasteiger partial charge >= 0.3 is 0 Å². The van der Waals surface area contributed by atoms with Crippen LogP contribution < -0.4 is 5.32 Å². The van der Waals surface area contributed by atoms with E-state index in [0.717, 1.165) is 43.5 Å². The van der Waals surface area contributed by atoms with Crippen LogP contribution in [0.3, 0.4) is 0 Å². The molecule has 30 heavy (non-hydrogen) atoms. The summed E-state index contributed by atoms with van der Waals surface area (Å²) >= 11 is 0. The van der Waals surface area contributed by atoms with Crippen LogP contribution >= 0.6 is 0 Å². The first-order valence-corrected chi connectivity index (χ1v) is 10.9. The Hall–Kier alpha value is -2.36. The molecule has 0 aromatic heterocycles. The fraction of sp³-hybridized carbons (Fsp3) is 0.500. The molecule has 4 heteroatoms. The molecule has 0 spiro atoms. The summed E-state index contributed by atoms with van der Waals surface area (Å²) in [4.78, 5) is 14.7. The highest BCUT2D eigenvalue weighted by molar-refractivity contribution is 5.79. The third-order valence-corrected chi connectivity index (χ3v) is 5.52. The first kappa shape index (κ1) is 23.9. The molecule has 2 rings (SSSR count). The molecule has 1 amide bonds. The van der Waals surface area contributed by atoms with Gasteiger partial charge in [-0.05, 0) is 73.4 Å². The maximum atomic E-state index is 13.7. The Morgan fingerprint density at radius 1 is 1.27 bits per heavy atom. The fourth-order valence-electron chi connectivity index (χ4n) is 3.68. The summed E-state index contributed by atoms with van der Waals surface area (Å²) in [6.07, 6.45) is 5.39. The van der Waals surface area contributed by atoms with Crippen LogP contribution in [0, 0.1) is 11.2 Å². The van der Waals surface area contributed by atoms with E-state index in [0.29, 0.717) is 12.1 Å². The van der Waals surface area contributed by atoms with Crippen LogP contribution in [-0.4, -0.2) is 17.4 Å². The molecule has 1 aromatic carbocycles. The van der Waals surface area contributed by atoms with Gasteiger partial charge in [0.1, 0.15) is 5.82 Å². The lowest BCUT2D eigenvalue weighted by Gasteiger charge is -2.27. The molecule has 1 heterocycles. The van der Waals surface area contributed by atoms with Gasteiger partial charge < -0.3 is 10.2 Å². The van der Waals surface area contributed by atoms with E-state index in [9.17, 15) is 9.18 Å². The SMILES string of the molecule is C=C(NC(=O)CC(C)(C)C)/C(C)=C\C(=C(\C)CC)N1CCCc2cc(F)ccc2C1. The maximum Gasteiger partial charge on any atom is 0.224 e.